The van der Waals surface area contributed by atoms with Crippen LogP contribution in [-0.4, -0.2) is 19.1 Å². The van der Waals surface area contributed by atoms with Crippen LogP contribution in [0, 0.1) is 0 Å². The van der Waals surface area contributed by atoms with Crippen LogP contribution in [0.2, 0.25) is 0 Å². The zero-order valence-electron chi connectivity index (χ0n) is 33.7. The summed E-state index contributed by atoms with van der Waals surface area (Å²) in [7, 11) is 0. The molecule has 0 unspecified atom stereocenters. The molecule has 0 radical (unpaired) electrons. The molecule has 62 heavy (non-hydrogen) atoms. The van der Waals surface area contributed by atoms with Gasteiger partial charge in [-0.25, -0.2) is 9.97 Å². The summed E-state index contributed by atoms with van der Waals surface area (Å²) in [6.07, 6.45) is 0. The third-order valence-electron chi connectivity index (χ3n) is 12.1. The highest BCUT2D eigenvalue weighted by Gasteiger charge is 2.19. The van der Waals surface area contributed by atoms with Gasteiger partial charge in [0.15, 0.2) is 5.82 Å². The molecule has 0 spiro atoms. The van der Waals surface area contributed by atoms with E-state index in [9.17, 15) is 0 Å². The Labute approximate surface area is 359 Å². The Morgan fingerprint density at radius 1 is 0.274 bits per heavy atom. The predicted molar refractivity (Wildman–Crippen MR) is 258 cm³/mol. The van der Waals surface area contributed by atoms with E-state index in [2.05, 4.69) is 228 Å². The van der Waals surface area contributed by atoms with Gasteiger partial charge in [0.25, 0.3) is 0 Å². The highest BCUT2D eigenvalue weighted by molar-refractivity contribution is 6.16. The number of fused-ring (bicyclic) bond motifs is 6. The van der Waals surface area contributed by atoms with E-state index in [1.807, 2.05) is 12.1 Å². The molecule has 0 N–H and O–H groups in total. The van der Waals surface area contributed by atoms with Crippen LogP contribution >= 0.6 is 0 Å². The van der Waals surface area contributed by atoms with Crippen LogP contribution in [0.15, 0.2) is 231 Å². The van der Waals surface area contributed by atoms with Gasteiger partial charge in [-0.1, -0.05) is 164 Å². The van der Waals surface area contributed by atoms with Crippen LogP contribution in [0.5, 0.6) is 0 Å². The first-order valence-electron chi connectivity index (χ1n) is 21.1. The molecule has 4 heteroatoms. The summed E-state index contributed by atoms with van der Waals surface area (Å²) in [5, 5.41) is 4.92. The fourth-order valence-corrected chi connectivity index (χ4v) is 9.29. The van der Waals surface area contributed by atoms with Crippen molar-refractivity contribution in [2.75, 3.05) is 0 Å². The SMILES string of the molecule is c1ccc(-c2cc(-c3ccccc3)nc(-c3cccc(-c4ccc5c(c4)c4ccccc4n5-c4cccc(-c5cccc6c5c5ccccc5n6-c5ccccc5)c4)c3)n2)cc1. The summed E-state index contributed by atoms with van der Waals surface area (Å²) < 4.78 is 4.80. The summed E-state index contributed by atoms with van der Waals surface area (Å²) in [4.78, 5) is 10.2. The second kappa shape index (κ2) is 14.7. The first-order chi connectivity index (χ1) is 30.7. The largest absolute Gasteiger partial charge is 0.309 e. The lowest BCUT2D eigenvalue weighted by atomic mass is 9.99. The fraction of sp³-hybridized carbons (Fsp3) is 0. The molecule has 12 aromatic rings. The lowest BCUT2D eigenvalue weighted by Gasteiger charge is -2.12. The molecular weight excluding hydrogens is 753 g/mol. The normalized spacial score (nSPS) is 11.5. The third-order valence-corrected chi connectivity index (χ3v) is 12.1. The molecule has 0 atom stereocenters. The van der Waals surface area contributed by atoms with Crippen LogP contribution in [0.25, 0.3) is 111 Å². The molecule has 0 saturated heterocycles. The summed E-state index contributed by atoms with van der Waals surface area (Å²) in [5.74, 6) is 0.699. The van der Waals surface area contributed by atoms with Crippen molar-refractivity contribution < 1.29 is 0 Å². The fourth-order valence-electron chi connectivity index (χ4n) is 9.29. The first-order valence-corrected chi connectivity index (χ1v) is 21.1. The number of rotatable bonds is 7. The molecule has 12 rings (SSSR count). The molecule has 3 aromatic heterocycles. The Hall–Kier alpha value is -8.34. The van der Waals surface area contributed by atoms with Crippen molar-refractivity contribution in [2.24, 2.45) is 0 Å². The molecule has 290 valence electrons. The molecule has 0 aliphatic rings. The predicted octanol–water partition coefficient (Wildman–Crippen LogP) is 15.0. The lowest BCUT2D eigenvalue weighted by molar-refractivity contribution is 1.18. The van der Waals surface area contributed by atoms with E-state index in [4.69, 9.17) is 9.97 Å². The van der Waals surface area contributed by atoms with Gasteiger partial charge in [-0.2, -0.15) is 0 Å². The second-order valence-electron chi connectivity index (χ2n) is 15.8. The number of hydrogen-bond donors (Lipinski definition) is 0. The van der Waals surface area contributed by atoms with Gasteiger partial charge < -0.3 is 9.13 Å². The Balaban J connectivity index is 0.972. The van der Waals surface area contributed by atoms with E-state index in [-0.39, 0.29) is 0 Å². The summed E-state index contributed by atoms with van der Waals surface area (Å²) >= 11 is 0. The van der Waals surface area contributed by atoms with Gasteiger partial charge in [-0.3, -0.25) is 0 Å². The van der Waals surface area contributed by atoms with Crippen LogP contribution in [0.3, 0.4) is 0 Å². The van der Waals surface area contributed by atoms with E-state index in [0.29, 0.717) is 5.82 Å². The van der Waals surface area contributed by atoms with E-state index in [1.54, 1.807) is 0 Å². The van der Waals surface area contributed by atoms with Gasteiger partial charge in [0, 0.05) is 49.6 Å². The van der Waals surface area contributed by atoms with Crippen molar-refractivity contribution in [3.63, 3.8) is 0 Å². The smallest absolute Gasteiger partial charge is 0.160 e. The minimum Gasteiger partial charge on any atom is -0.309 e. The average Bonchev–Trinajstić information content (AvgIpc) is 3.87. The van der Waals surface area contributed by atoms with Crippen molar-refractivity contribution >= 4 is 43.6 Å². The molecule has 0 amide bonds. The Kier molecular flexibility index (Phi) is 8.46. The van der Waals surface area contributed by atoms with Gasteiger partial charge >= 0.3 is 0 Å². The maximum absolute atomic E-state index is 5.12. The van der Waals surface area contributed by atoms with Gasteiger partial charge in [-0.05, 0) is 89.0 Å². The minimum atomic E-state index is 0.699. The zero-order valence-corrected chi connectivity index (χ0v) is 33.7. The first kappa shape index (κ1) is 35.6. The van der Waals surface area contributed by atoms with Gasteiger partial charge in [0.2, 0.25) is 0 Å². The van der Waals surface area contributed by atoms with Crippen LogP contribution in [-0.2, 0) is 0 Å². The quantitative estimate of drug-likeness (QED) is 0.161. The topological polar surface area (TPSA) is 35.6 Å². The highest BCUT2D eigenvalue weighted by atomic mass is 15.0. The Morgan fingerprint density at radius 2 is 0.774 bits per heavy atom. The lowest BCUT2D eigenvalue weighted by Crippen LogP contribution is -1.96. The number of hydrogen-bond acceptors (Lipinski definition) is 2. The molecule has 0 saturated carbocycles. The highest BCUT2D eigenvalue weighted by Crippen LogP contribution is 2.41. The molecule has 0 aliphatic carbocycles. The third kappa shape index (κ3) is 6.00. The van der Waals surface area contributed by atoms with Gasteiger partial charge in [-0.15, -0.1) is 0 Å². The van der Waals surface area contributed by atoms with E-state index in [0.717, 1.165) is 56.1 Å². The molecule has 4 nitrogen and oxygen atoms in total. The van der Waals surface area contributed by atoms with E-state index < -0.39 is 0 Å². The minimum absolute atomic E-state index is 0.699. The number of nitrogens with zero attached hydrogens (tertiary/aromatic N) is 4. The van der Waals surface area contributed by atoms with Gasteiger partial charge in [0.1, 0.15) is 0 Å². The zero-order chi connectivity index (χ0) is 41.0. The summed E-state index contributed by atoms with van der Waals surface area (Å²) in [6.45, 7) is 0. The Bertz CT molecular complexity index is 3560. The molecule has 3 heterocycles. The molecule has 0 fully saturated rings. The van der Waals surface area contributed by atoms with E-state index >= 15 is 0 Å². The number of aromatic nitrogens is 4. The van der Waals surface area contributed by atoms with Crippen molar-refractivity contribution in [2.45, 2.75) is 0 Å². The molecular formula is C58H38N4. The maximum atomic E-state index is 5.12. The van der Waals surface area contributed by atoms with Crippen LogP contribution in [0.1, 0.15) is 0 Å². The maximum Gasteiger partial charge on any atom is 0.160 e. The molecule has 0 aliphatic heterocycles. The molecule has 9 aromatic carbocycles. The second-order valence-corrected chi connectivity index (χ2v) is 15.8. The standard InChI is InChI=1S/C58H38N4/c1-4-17-39(18-5-1)51-38-52(40-19-6-2-7-20-40)60-58(59-51)44-23-14-21-41(35-44)42-33-34-55-50(37-42)48-27-10-12-30-53(48)62(55)46-26-15-22-43(36-46)47-29-16-32-56-57(47)49-28-11-13-31-54(49)61(56)45-24-8-3-9-25-45/h1-38H. The van der Waals surface area contributed by atoms with Crippen molar-refractivity contribution in [1.82, 2.24) is 19.1 Å². The number of para-hydroxylation sites is 3. The Morgan fingerprint density at radius 3 is 1.52 bits per heavy atom. The van der Waals surface area contributed by atoms with Gasteiger partial charge in [0.05, 0.1) is 33.5 Å². The van der Waals surface area contributed by atoms with Crippen molar-refractivity contribution in [3.05, 3.63) is 231 Å². The van der Waals surface area contributed by atoms with Crippen LogP contribution in [0.4, 0.5) is 0 Å². The van der Waals surface area contributed by atoms with Crippen LogP contribution < -0.4 is 0 Å². The average molecular weight is 791 g/mol. The monoisotopic (exact) mass is 790 g/mol. The van der Waals surface area contributed by atoms with E-state index in [1.165, 1.54) is 49.2 Å². The molecule has 0 bridgehead atoms. The van der Waals surface area contributed by atoms with Crippen molar-refractivity contribution in [3.8, 4) is 67.5 Å². The van der Waals surface area contributed by atoms with Crippen molar-refractivity contribution in [1.29, 1.82) is 0 Å². The summed E-state index contributed by atoms with van der Waals surface area (Å²) in [6, 6.07) is 82.1. The summed E-state index contributed by atoms with van der Waals surface area (Å²) in [5.41, 5.74) is 16.5. The number of benzene rings is 9.